The van der Waals surface area contributed by atoms with E-state index in [0.29, 0.717) is 10.0 Å². The van der Waals surface area contributed by atoms with Gasteiger partial charge in [-0.15, -0.1) is 0 Å². The minimum absolute atomic E-state index is 0.318. The second kappa shape index (κ2) is 9.76. The number of allylic oxidation sites excluding steroid dienone is 1. The van der Waals surface area contributed by atoms with Gasteiger partial charge in [-0.05, 0) is 89.5 Å². The number of carboxylic acid groups (broad SMARTS) is 1. The highest BCUT2D eigenvalue weighted by Gasteiger charge is 2.23. The zero-order valence-electron chi connectivity index (χ0n) is 17.8. The summed E-state index contributed by atoms with van der Waals surface area (Å²) in [5.41, 5.74) is 6.83. The number of rotatable bonds is 5. The molecule has 1 aliphatic heterocycles. The Bertz CT molecular complexity index is 995. The lowest BCUT2D eigenvalue weighted by Crippen LogP contribution is -2.47. The Hall–Kier alpha value is -1.82. The summed E-state index contributed by atoms with van der Waals surface area (Å²) in [7, 11) is 0. The van der Waals surface area contributed by atoms with Gasteiger partial charge in [0.15, 0.2) is 0 Å². The number of aromatic carboxylic acids is 1. The molecular formula is C25H28BrClN2O2. The lowest BCUT2D eigenvalue weighted by Gasteiger charge is -2.38. The van der Waals surface area contributed by atoms with Crippen molar-refractivity contribution in [1.82, 2.24) is 4.90 Å². The third-order valence-corrected chi connectivity index (χ3v) is 7.76. The van der Waals surface area contributed by atoms with Crippen LogP contribution in [0.25, 0.3) is 5.57 Å². The van der Waals surface area contributed by atoms with E-state index in [1.54, 1.807) is 11.6 Å². The van der Waals surface area contributed by atoms with Crippen LogP contribution in [0, 0.1) is 6.92 Å². The molecule has 0 spiro atoms. The summed E-state index contributed by atoms with van der Waals surface area (Å²) >= 11 is 9.57. The highest BCUT2D eigenvalue weighted by atomic mass is 79.9. The fourth-order valence-electron chi connectivity index (χ4n) is 4.74. The van der Waals surface area contributed by atoms with Gasteiger partial charge < -0.3 is 10.0 Å². The Morgan fingerprint density at radius 2 is 1.71 bits per heavy atom. The molecule has 6 heteroatoms. The topological polar surface area (TPSA) is 43.8 Å². The van der Waals surface area contributed by atoms with Crippen molar-refractivity contribution < 1.29 is 9.90 Å². The van der Waals surface area contributed by atoms with Crippen LogP contribution < -0.4 is 4.90 Å². The maximum atomic E-state index is 11.4. The summed E-state index contributed by atoms with van der Waals surface area (Å²) in [6, 6.07) is 11.9. The Balaban J connectivity index is 1.45. The van der Waals surface area contributed by atoms with E-state index in [2.05, 4.69) is 37.9 Å². The van der Waals surface area contributed by atoms with Crippen LogP contribution in [0.5, 0.6) is 0 Å². The van der Waals surface area contributed by atoms with Gasteiger partial charge in [0.2, 0.25) is 0 Å². The van der Waals surface area contributed by atoms with Crippen molar-refractivity contribution in [1.29, 1.82) is 0 Å². The van der Waals surface area contributed by atoms with Crippen LogP contribution in [-0.2, 0) is 0 Å². The van der Waals surface area contributed by atoms with Crippen molar-refractivity contribution >= 4 is 44.8 Å². The molecule has 0 amide bonds. The molecule has 0 bridgehead atoms. The van der Waals surface area contributed by atoms with Crippen LogP contribution in [-0.4, -0.2) is 48.7 Å². The van der Waals surface area contributed by atoms with Gasteiger partial charge in [0.05, 0.1) is 5.56 Å². The lowest BCUT2D eigenvalue weighted by atomic mass is 9.87. The van der Waals surface area contributed by atoms with Gasteiger partial charge in [-0.3, -0.25) is 4.90 Å². The number of anilines is 1. The zero-order valence-corrected chi connectivity index (χ0v) is 20.2. The van der Waals surface area contributed by atoms with Crippen molar-refractivity contribution in [3.8, 4) is 0 Å². The highest BCUT2D eigenvalue weighted by Crippen LogP contribution is 2.34. The molecule has 1 aliphatic carbocycles. The summed E-state index contributed by atoms with van der Waals surface area (Å²) in [5, 5.41) is 10.1. The van der Waals surface area contributed by atoms with Crippen LogP contribution in [0.3, 0.4) is 0 Å². The van der Waals surface area contributed by atoms with Crippen molar-refractivity contribution in [2.24, 2.45) is 0 Å². The molecule has 1 fully saturated rings. The van der Waals surface area contributed by atoms with Crippen LogP contribution >= 0.6 is 27.5 Å². The van der Waals surface area contributed by atoms with Gasteiger partial charge in [-0.2, -0.15) is 0 Å². The van der Waals surface area contributed by atoms with E-state index in [4.69, 9.17) is 11.6 Å². The summed E-state index contributed by atoms with van der Waals surface area (Å²) in [6.07, 6.45) is 4.87. The minimum atomic E-state index is -0.899. The largest absolute Gasteiger partial charge is 0.478 e. The molecule has 0 radical (unpaired) electrons. The molecule has 0 atom stereocenters. The Morgan fingerprint density at radius 3 is 2.39 bits per heavy atom. The molecule has 0 unspecified atom stereocenters. The Morgan fingerprint density at radius 1 is 1.03 bits per heavy atom. The van der Waals surface area contributed by atoms with Gasteiger partial charge >= 0.3 is 5.97 Å². The average molecular weight is 504 g/mol. The number of hydrogen-bond acceptors (Lipinski definition) is 3. The third-order valence-electron chi connectivity index (χ3n) is 6.49. The van der Waals surface area contributed by atoms with Gasteiger partial charge in [0.25, 0.3) is 0 Å². The van der Waals surface area contributed by atoms with E-state index in [1.807, 2.05) is 25.1 Å². The van der Waals surface area contributed by atoms with Crippen molar-refractivity contribution in [2.75, 3.05) is 37.6 Å². The first-order valence-corrected chi connectivity index (χ1v) is 12.1. The first-order chi connectivity index (χ1) is 14.9. The molecule has 1 N–H and O–H groups in total. The normalized spacial score (nSPS) is 17.8. The molecule has 4 rings (SSSR count). The van der Waals surface area contributed by atoms with Crippen molar-refractivity contribution in [3.63, 3.8) is 0 Å². The second-order valence-electron chi connectivity index (χ2n) is 8.44. The number of piperazine rings is 1. The van der Waals surface area contributed by atoms with Gasteiger partial charge in [-0.1, -0.05) is 29.3 Å². The standard InChI is InChI=1S/C25H28BrClN2O2/c1-17-23(11-10-22(24(17)26)25(30)31)29-14-12-28(13-15-29)16-19-4-2-3-5-21(19)18-6-8-20(27)9-7-18/h6-11H,2-5,12-16H2,1H3,(H,30,31). The first-order valence-electron chi connectivity index (χ1n) is 10.9. The van der Waals surface area contributed by atoms with Crippen LogP contribution in [0.1, 0.15) is 47.2 Å². The first kappa shape index (κ1) is 22.4. The molecule has 164 valence electrons. The number of benzene rings is 2. The van der Waals surface area contributed by atoms with Crippen LogP contribution in [0.2, 0.25) is 5.02 Å². The van der Waals surface area contributed by atoms with E-state index in [-0.39, 0.29) is 0 Å². The number of carboxylic acids is 1. The Labute approximate surface area is 197 Å². The predicted octanol–water partition coefficient (Wildman–Crippen LogP) is 6.26. The SMILES string of the molecule is Cc1c(N2CCN(CC3=C(c4ccc(Cl)cc4)CCCC3)CC2)ccc(C(=O)O)c1Br. The average Bonchev–Trinajstić information content (AvgIpc) is 2.77. The van der Waals surface area contributed by atoms with E-state index < -0.39 is 5.97 Å². The summed E-state index contributed by atoms with van der Waals surface area (Å²) in [4.78, 5) is 16.3. The zero-order chi connectivity index (χ0) is 22.0. The smallest absolute Gasteiger partial charge is 0.336 e. The van der Waals surface area contributed by atoms with Gasteiger partial charge in [-0.25, -0.2) is 4.79 Å². The molecule has 4 nitrogen and oxygen atoms in total. The van der Waals surface area contributed by atoms with E-state index in [9.17, 15) is 9.90 Å². The highest BCUT2D eigenvalue weighted by molar-refractivity contribution is 9.10. The van der Waals surface area contributed by atoms with Gasteiger partial charge in [0, 0.05) is 47.9 Å². The maximum absolute atomic E-state index is 11.4. The van der Waals surface area contributed by atoms with Crippen molar-refractivity contribution in [2.45, 2.75) is 32.6 Å². The van der Waals surface area contributed by atoms with Crippen molar-refractivity contribution in [3.05, 3.63) is 68.2 Å². The van der Waals surface area contributed by atoms with E-state index in [1.165, 1.54) is 30.4 Å². The molecule has 0 saturated carbocycles. The molecule has 2 aromatic rings. The lowest BCUT2D eigenvalue weighted by molar-refractivity contribution is 0.0696. The number of carbonyl (C=O) groups is 1. The number of nitrogens with zero attached hydrogens (tertiary/aromatic N) is 2. The number of hydrogen-bond donors (Lipinski definition) is 1. The molecule has 0 aromatic heterocycles. The van der Waals surface area contributed by atoms with Crippen LogP contribution in [0.4, 0.5) is 5.69 Å². The number of halogens is 2. The fourth-order valence-corrected chi connectivity index (χ4v) is 5.37. The second-order valence-corrected chi connectivity index (χ2v) is 9.67. The Kier molecular flexibility index (Phi) is 7.05. The molecular weight excluding hydrogens is 476 g/mol. The minimum Gasteiger partial charge on any atom is -0.478 e. The molecule has 1 saturated heterocycles. The van der Waals surface area contributed by atoms with E-state index in [0.717, 1.165) is 55.4 Å². The fraction of sp³-hybridized carbons (Fsp3) is 0.400. The maximum Gasteiger partial charge on any atom is 0.336 e. The van der Waals surface area contributed by atoms with Crippen LogP contribution in [0.15, 0.2) is 46.4 Å². The third kappa shape index (κ3) is 5.00. The quantitative estimate of drug-likeness (QED) is 0.523. The summed E-state index contributed by atoms with van der Waals surface area (Å²) in [6.45, 7) is 6.94. The summed E-state index contributed by atoms with van der Waals surface area (Å²) < 4.78 is 0.680. The molecule has 2 aromatic carbocycles. The molecule has 1 heterocycles. The molecule has 2 aliphatic rings. The van der Waals surface area contributed by atoms with Gasteiger partial charge in [0.1, 0.15) is 0 Å². The monoisotopic (exact) mass is 502 g/mol. The molecule has 31 heavy (non-hydrogen) atoms. The predicted molar refractivity (Wildman–Crippen MR) is 131 cm³/mol. The van der Waals surface area contributed by atoms with E-state index >= 15 is 0 Å². The summed E-state index contributed by atoms with van der Waals surface area (Å²) in [5.74, 6) is -0.899.